The minimum Gasteiger partial charge on any atom is -0.508 e. The summed E-state index contributed by atoms with van der Waals surface area (Å²) in [6, 6.07) is 8.60. The number of aromatic hydroxyl groups is 2. The van der Waals surface area contributed by atoms with Crippen molar-refractivity contribution in [3.05, 3.63) is 47.5 Å². The number of hydrogen-bond acceptors (Lipinski definition) is 6. The fraction of sp³-hybridized carbons (Fsp3) is 0.188. The largest absolute Gasteiger partial charge is 0.508 e. The molecule has 6 nitrogen and oxygen atoms in total. The zero-order valence-electron chi connectivity index (χ0n) is 11.7. The second-order valence-corrected chi connectivity index (χ2v) is 4.99. The molecule has 2 aromatic carbocycles. The molecule has 0 amide bonds. The summed E-state index contributed by atoms with van der Waals surface area (Å²) in [4.78, 5) is 12.2. The minimum absolute atomic E-state index is 0.0653. The lowest BCUT2D eigenvalue weighted by atomic mass is 9.86. The number of fused-ring (bicyclic) bond motifs is 1. The molecule has 6 heteroatoms. The molecule has 1 aliphatic heterocycles. The van der Waals surface area contributed by atoms with Crippen molar-refractivity contribution in [2.45, 2.75) is 12.0 Å². The van der Waals surface area contributed by atoms with E-state index >= 15 is 0 Å². The lowest BCUT2D eigenvalue weighted by molar-refractivity contribution is -0.141. The van der Waals surface area contributed by atoms with Crippen molar-refractivity contribution in [2.24, 2.45) is 0 Å². The van der Waals surface area contributed by atoms with Gasteiger partial charge in [-0.15, -0.1) is 0 Å². The predicted molar refractivity (Wildman–Crippen MR) is 76.1 cm³/mol. The second-order valence-electron chi connectivity index (χ2n) is 4.99. The van der Waals surface area contributed by atoms with E-state index in [1.54, 1.807) is 6.07 Å². The van der Waals surface area contributed by atoms with Crippen LogP contribution in [0.15, 0.2) is 36.4 Å². The van der Waals surface area contributed by atoms with Gasteiger partial charge in [0.05, 0.1) is 7.11 Å². The normalized spacial score (nSPS) is 20.2. The van der Waals surface area contributed by atoms with Crippen LogP contribution in [0.4, 0.5) is 0 Å². The topological polar surface area (TPSA) is 96.2 Å². The smallest absolute Gasteiger partial charge is 0.321 e. The van der Waals surface area contributed by atoms with Gasteiger partial charge in [-0.3, -0.25) is 4.79 Å². The van der Waals surface area contributed by atoms with Crippen LogP contribution in [0, 0.1) is 0 Å². The van der Waals surface area contributed by atoms with Crippen molar-refractivity contribution in [1.82, 2.24) is 0 Å². The molecule has 0 radical (unpaired) electrons. The van der Waals surface area contributed by atoms with E-state index in [4.69, 9.17) is 9.47 Å². The number of phenolic OH excluding ortho intramolecular Hbond substituents is 2. The molecule has 0 spiro atoms. The molecule has 0 aromatic heterocycles. The maximum Gasteiger partial charge on any atom is 0.321 e. The summed E-state index contributed by atoms with van der Waals surface area (Å²) >= 11 is 0. The van der Waals surface area contributed by atoms with Gasteiger partial charge in [0.1, 0.15) is 35.0 Å². The molecular formula is C16H14O6. The van der Waals surface area contributed by atoms with Crippen molar-refractivity contribution < 1.29 is 29.6 Å². The van der Waals surface area contributed by atoms with Gasteiger partial charge in [0.15, 0.2) is 0 Å². The Morgan fingerprint density at radius 2 is 1.82 bits per heavy atom. The molecule has 22 heavy (non-hydrogen) atoms. The van der Waals surface area contributed by atoms with Crippen molar-refractivity contribution in [3.63, 3.8) is 0 Å². The summed E-state index contributed by atoms with van der Waals surface area (Å²) in [5.41, 5.74) is 0.620. The van der Waals surface area contributed by atoms with Gasteiger partial charge in [0.2, 0.25) is 0 Å². The Morgan fingerprint density at radius 3 is 2.50 bits per heavy atom. The Labute approximate surface area is 126 Å². The number of carbonyl (C=O) groups excluding carboxylic acids is 1. The van der Waals surface area contributed by atoms with E-state index in [1.807, 2.05) is 0 Å². The number of aliphatic hydroxyl groups is 1. The number of phenols is 2. The van der Waals surface area contributed by atoms with E-state index in [0.29, 0.717) is 11.3 Å². The third-order valence-electron chi connectivity index (χ3n) is 3.67. The predicted octanol–water partition coefficient (Wildman–Crippen LogP) is 1.84. The van der Waals surface area contributed by atoms with E-state index in [2.05, 4.69) is 0 Å². The van der Waals surface area contributed by atoms with Gasteiger partial charge in [0.25, 0.3) is 0 Å². The Balaban J connectivity index is 2.05. The summed E-state index contributed by atoms with van der Waals surface area (Å²) in [6.45, 7) is 0. The molecule has 1 aliphatic rings. The van der Waals surface area contributed by atoms with Crippen LogP contribution in [0.1, 0.15) is 23.1 Å². The summed E-state index contributed by atoms with van der Waals surface area (Å²) in [5, 5.41) is 29.9. The third kappa shape index (κ3) is 2.23. The summed E-state index contributed by atoms with van der Waals surface area (Å²) in [6.07, 6.45) is -1.18. The van der Waals surface area contributed by atoms with Crippen LogP contribution in [0.3, 0.4) is 0 Å². The monoisotopic (exact) mass is 302 g/mol. The number of rotatable bonds is 2. The van der Waals surface area contributed by atoms with E-state index < -0.39 is 18.0 Å². The van der Waals surface area contributed by atoms with E-state index in [1.165, 1.54) is 37.4 Å². The standard InChI is InChI=1S/C16H14O6/c1-21-9-3-5-10(12(18)7-9)14-15(19)11-4-2-8(17)6-13(11)22-16(14)20/h2-7,14-15,17-19H,1H3. The van der Waals surface area contributed by atoms with Crippen LogP contribution in [0.25, 0.3) is 0 Å². The highest BCUT2D eigenvalue weighted by molar-refractivity contribution is 5.85. The van der Waals surface area contributed by atoms with Crippen LogP contribution < -0.4 is 9.47 Å². The highest BCUT2D eigenvalue weighted by atomic mass is 16.5. The van der Waals surface area contributed by atoms with E-state index in [9.17, 15) is 20.1 Å². The zero-order valence-corrected chi connectivity index (χ0v) is 11.7. The number of carbonyl (C=O) groups is 1. The van der Waals surface area contributed by atoms with Gasteiger partial charge in [-0.25, -0.2) is 0 Å². The Morgan fingerprint density at radius 1 is 1.09 bits per heavy atom. The van der Waals surface area contributed by atoms with Crippen LogP contribution >= 0.6 is 0 Å². The zero-order chi connectivity index (χ0) is 15.9. The fourth-order valence-corrected chi connectivity index (χ4v) is 2.55. The number of ether oxygens (including phenoxy) is 2. The molecule has 0 aliphatic carbocycles. The SMILES string of the molecule is COc1ccc(C2C(=O)Oc3cc(O)ccc3C2O)c(O)c1. The van der Waals surface area contributed by atoms with Crippen LogP contribution in [0.5, 0.6) is 23.0 Å². The minimum atomic E-state index is -1.18. The molecule has 2 atom stereocenters. The first kappa shape index (κ1) is 14.2. The molecule has 0 saturated carbocycles. The van der Waals surface area contributed by atoms with Gasteiger partial charge >= 0.3 is 5.97 Å². The molecular weight excluding hydrogens is 288 g/mol. The maximum atomic E-state index is 12.2. The molecule has 3 N–H and O–H groups in total. The first-order chi connectivity index (χ1) is 10.5. The van der Waals surface area contributed by atoms with Gasteiger partial charge in [0, 0.05) is 23.3 Å². The number of methoxy groups -OCH3 is 1. The lowest BCUT2D eigenvalue weighted by Gasteiger charge is -2.29. The molecule has 114 valence electrons. The van der Waals surface area contributed by atoms with Crippen LogP contribution in [-0.4, -0.2) is 28.4 Å². The number of aliphatic hydroxyl groups excluding tert-OH is 1. The first-order valence-electron chi connectivity index (χ1n) is 6.61. The summed E-state index contributed by atoms with van der Waals surface area (Å²) < 4.78 is 10.2. The molecule has 2 unspecified atom stereocenters. The highest BCUT2D eigenvalue weighted by Gasteiger charge is 2.39. The molecule has 0 fully saturated rings. The van der Waals surface area contributed by atoms with Crippen molar-refractivity contribution in [1.29, 1.82) is 0 Å². The van der Waals surface area contributed by atoms with E-state index in [-0.39, 0.29) is 22.8 Å². The molecule has 1 heterocycles. The maximum absolute atomic E-state index is 12.2. The Bertz CT molecular complexity index is 739. The van der Waals surface area contributed by atoms with E-state index in [0.717, 1.165) is 0 Å². The summed E-state index contributed by atoms with van der Waals surface area (Å²) in [5.74, 6) is -1.44. The van der Waals surface area contributed by atoms with Crippen LogP contribution in [0.2, 0.25) is 0 Å². The summed E-state index contributed by atoms with van der Waals surface area (Å²) in [7, 11) is 1.46. The quantitative estimate of drug-likeness (QED) is 0.578. The van der Waals surface area contributed by atoms with Crippen molar-refractivity contribution in [3.8, 4) is 23.0 Å². The lowest BCUT2D eigenvalue weighted by Crippen LogP contribution is -2.30. The third-order valence-corrected chi connectivity index (χ3v) is 3.67. The van der Waals surface area contributed by atoms with Gasteiger partial charge < -0.3 is 24.8 Å². The average Bonchev–Trinajstić information content (AvgIpc) is 2.48. The van der Waals surface area contributed by atoms with Gasteiger partial charge in [-0.05, 0) is 18.2 Å². The molecule has 0 bridgehead atoms. The second kappa shape index (κ2) is 5.23. The van der Waals surface area contributed by atoms with Crippen molar-refractivity contribution in [2.75, 3.05) is 7.11 Å². The first-order valence-corrected chi connectivity index (χ1v) is 6.61. The van der Waals surface area contributed by atoms with Gasteiger partial charge in [-0.1, -0.05) is 6.07 Å². The number of esters is 1. The number of hydrogen-bond donors (Lipinski definition) is 3. The highest BCUT2D eigenvalue weighted by Crippen LogP contribution is 2.45. The van der Waals surface area contributed by atoms with Crippen molar-refractivity contribution >= 4 is 5.97 Å². The van der Waals surface area contributed by atoms with Crippen LogP contribution in [-0.2, 0) is 4.79 Å². The average molecular weight is 302 g/mol. The molecule has 3 rings (SSSR count). The molecule has 2 aromatic rings. The number of benzene rings is 2. The van der Waals surface area contributed by atoms with Gasteiger partial charge in [-0.2, -0.15) is 0 Å². The Kier molecular flexibility index (Phi) is 3.38. The Hall–Kier alpha value is -2.73. The fourth-order valence-electron chi connectivity index (χ4n) is 2.55. The molecule has 0 saturated heterocycles.